The smallest absolute Gasteiger partial charge is 0.280 e. The standard InChI is InChI=1S/C14H12Cl2N6O2S/c15-9-4-8(10(16)25-9)5-1-6(11(23)21-13(17)18)3-7(2-5)12(24)22-14(19)20/h1-4H,(H4,17,18,21,23)(H4,19,20,22,24). The quantitative estimate of drug-likeness (QED) is 0.452. The molecule has 0 aliphatic carbocycles. The number of nitrogens with zero attached hydrogens (tertiary/aromatic N) is 2. The Morgan fingerprint density at radius 2 is 1.32 bits per heavy atom. The summed E-state index contributed by atoms with van der Waals surface area (Å²) in [5.41, 5.74) is 22.0. The third-order valence-electron chi connectivity index (χ3n) is 2.86. The number of amides is 2. The van der Waals surface area contributed by atoms with Crippen LogP contribution in [-0.2, 0) is 0 Å². The second-order valence-corrected chi connectivity index (χ2v) is 7.01. The van der Waals surface area contributed by atoms with Crippen molar-refractivity contribution in [2.24, 2.45) is 32.9 Å². The molecule has 0 fully saturated rings. The number of aliphatic imine (C=N–C) groups is 2. The summed E-state index contributed by atoms with van der Waals surface area (Å²) in [5.74, 6) is -2.30. The molecule has 0 unspecified atom stereocenters. The molecular weight excluding hydrogens is 387 g/mol. The first-order valence-electron chi connectivity index (χ1n) is 6.55. The topological polar surface area (TPSA) is 163 Å². The van der Waals surface area contributed by atoms with E-state index < -0.39 is 23.7 Å². The van der Waals surface area contributed by atoms with E-state index in [1.165, 1.54) is 18.2 Å². The van der Waals surface area contributed by atoms with E-state index in [-0.39, 0.29) is 11.1 Å². The fraction of sp³-hybridized carbons (Fsp3) is 0. The number of rotatable bonds is 3. The van der Waals surface area contributed by atoms with E-state index in [0.29, 0.717) is 19.8 Å². The number of thiophene rings is 1. The minimum absolute atomic E-state index is 0.0541. The highest BCUT2D eigenvalue weighted by Gasteiger charge is 2.16. The van der Waals surface area contributed by atoms with Crippen LogP contribution in [0, 0.1) is 0 Å². The molecule has 0 radical (unpaired) electrons. The largest absolute Gasteiger partial charge is 0.370 e. The SMILES string of the molecule is NC(N)=NC(=O)c1cc(C(=O)N=C(N)N)cc(-c2cc(Cl)sc2Cl)c1. The Balaban J connectivity index is 2.65. The van der Waals surface area contributed by atoms with E-state index in [0.717, 1.165) is 11.3 Å². The summed E-state index contributed by atoms with van der Waals surface area (Å²) >= 11 is 13.2. The van der Waals surface area contributed by atoms with Crippen molar-refractivity contribution >= 4 is 58.3 Å². The van der Waals surface area contributed by atoms with Gasteiger partial charge >= 0.3 is 0 Å². The predicted molar refractivity (Wildman–Crippen MR) is 100 cm³/mol. The van der Waals surface area contributed by atoms with Crippen LogP contribution in [0.4, 0.5) is 0 Å². The molecule has 8 N–H and O–H groups in total. The molecule has 1 aromatic carbocycles. The maximum absolute atomic E-state index is 12.1. The van der Waals surface area contributed by atoms with Crippen LogP contribution in [0.25, 0.3) is 11.1 Å². The zero-order valence-corrected chi connectivity index (χ0v) is 14.8. The summed E-state index contributed by atoms with van der Waals surface area (Å²) in [4.78, 5) is 31.2. The lowest BCUT2D eigenvalue weighted by atomic mass is 10.0. The minimum atomic E-state index is -0.738. The fourth-order valence-corrected chi connectivity index (χ4v) is 3.44. The van der Waals surface area contributed by atoms with Gasteiger partial charge in [0.25, 0.3) is 11.8 Å². The lowest BCUT2D eigenvalue weighted by Crippen LogP contribution is -2.24. The first kappa shape index (κ1) is 18.7. The zero-order valence-electron chi connectivity index (χ0n) is 12.5. The number of carbonyl (C=O) groups excluding carboxylic acids is 2. The van der Waals surface area contributed by atoms with Crippen LogP contribution in [0.1, 0.15) is 20.7 Å². The Labute approximate surface area is 156 Å². The third-order valence-corrected chi connectivity index (χ3v) is 4.34. The zero-order chi connectivity index (χ0) is 18.7. The molecule has 130 valence electrons. The van der Waals surface area contributed by atoms with Crippen LogP contribution < -0.4 is 22.9 Å². The maximum Gasteiger partial charge on any atom is 0.280 e. The molecule has 0 aliphatic rings. The maximum atomic E-state index is 12.1. The average molecular weight is 399 g/mol. The number of carbonyl (C=O) groups is 2. The van der Waals surface area contributed by atoms with Gasteiger partial charge in [0, 0.05) is 16.7 Å². The number of hydrogen-bond donors (Lipinski definition) is 4. The van der Waals surface area contributed by atoms with Gasteiger partial charge < -0.3 is 22.9 Å². The molecule has 1 aromatic heterocycles. The summed E-state index contributed by atoms with van der Waals surface area (Å²) in [7, 11) is 0. The first-order valence-corrected chi connectivity index (χ1v) is 8.13. The van der Waals surface area contributed by atoms with Crippen LogP contribution in [0.5, 0.6) is 0 Å². The van der Waals surface area contributed by atoms with Crippen LogP contribution in [0.3, 0.4) is 0 Å². The summed E-state index contributed by atoms with van der Waals surface area (Å²) < 4.78 is 0.828. The molecule has 0 saturated heterocycles. The Morgan fingerprint density at radius 3 is 1.68 bits per heavy atom. The Hall–Kier alpha value is -2.62. The van der Waals surface area contributed by atoms with Gasteiger partial charge in [-0.15, -0.1) is 11.3 Å². The van der Waals surface area contributed by atoms with Crippen LogP contribution >= 0.6 is 34.5 Å². The van der Waals surface area contributed by atoms with Crippen molar-refractivity contribution in [3.63, 3.8) is 0 Å². The number of hydrogen-bond acceptors (Lipinski definition) is 3. The molecule has 0 bridgehead atoms. The summed E-state index contributed by atoms with van der Waals surface area (Å²) in [6.07, 6.45) is 0. The molecule has 1 heterocycles. The molecule has 2 rings (SSSR count). The van der Waals surface area contributed by atoms with Crippen molar-refractivity contribution < 1.29 is 9.59 Å². The van der Waals surface area contributed by atoms with E-state index in [1.54, 1.807) is 6.07 Å². The monoisotopic (exact) mass is 398 g/mol. The van der Waals surface area contributed by atoms with Crippen molar-refractivity contribution in [1.82, 2.24) is 0 Å². The minimum Gasteiger partial charge on any atom is -0.370 e. The normalized spacial score (nSPS) is 10.2. The van der Waals surface area contributed by atoms with Gasteiger partial charge in [0.15, 0.2) is 11.9 Å². The molecule has 0 aliphatic heterocycles. The second kappa shape index (κ2) is 7.51. The molecule has 25 heavy (non-hydrogen) atoms. The molecular formula is C14H12Cl2N6O2S. The lowest BCUT2D eigenvalue weighted by molar-refractivity contribution is 0.100. The van der Waals surface area contributed by atoms with Gasteiger partial charge in [-0.05, 0) is 29.8 Å². The van der Waals surface area contributed by atoms with E-state index in [4.69, 9.17) is 46.1 Å². The fourth-order valence-electron chi connectivity index (χ4n) is 1.93. The van der Waals surface area contributed by atoms with E-state index in [2.05, 4.69) is 9.98 Å². The molecule has 2 aromatic rings. The first-order chi connectivity index (χ1) is 11.7. The van der Waals surface area contributed by atoms with Crippen molar-refractivity contribution in [2.45, 2.75) is 0 Å². The highest BCUT2D eigenvalue weighted by molar-refractivity contribution is 7.20. The van der Waals surface area contributed by atoms with E-state index >= 15 is 0 Å². The number of guanidine groups is 2. The van der Waals surface area contributed by atoms with Crippen LogP contribution in [0.15, 0.2) is 34.3 Å². The van der Waals surface area contributed by atoms with Gasteiger partial charge in [0.1, 0.15) is 4.34 Å². The van der Waals surface area contributed by atoms with Gasteiger partial charge in [-0.1, -0.05) is 23.2 Å². The highest BCUT2D eigenvalue weighted by atomic mass is 35.5. The van der Waals surface area contributed by atoms with Crippen LogP contribution in [0.2, 0.25) is 8.67 Å². The molecule has 2 amide bonds. The number of nitrogens with two attached hydrogens (primary N) is 4. The van der Waals surface area contributed by atoms with Gasteiger partial charge in [-0.25, -0.2) is 0 Å². The number of benzene rings is 1. The van der Waals surface area contributed by atoms with Gasteiger partial charge in [0.05, 0.1) is 4.34 Å². The van der Waals surface area contributed by atoms with Gasteiger partial charge in [0.2, 0.25) is 0 Å². The van der Waals surface area contributed by atoms with Gasteiger partial charge in [-0.2, -0.15) is 9.98 Å². The third kappa shape index (κ3) is 4.69. The van der Waals surface area contributed by atoms with Crippen molar-refractivity contribution in [1.29, 1.82) is 0 Å². The average Bonchev–Trinajstić information content (AvgIpc) is 2.84. The molecule has 8 nitrogen and oxygen atoms in total. The molecule has 0 saturated carbocycles. The van der Waals surface area contributed by atoms with E-state index in [1.807, 2.05) is 0 Å². The Bertz CT molecular complexity index is 866. The molecule has 0 atom stereocenters. The highest BCUT2D eigenvalue weighted by Crippen LogP contribution is 2.38. The molecule has 11 heteroatoms. The predicted octanol–water partition coefficient (Wildman–Crippen LogP) is 1.55. The van der Waals surface area contributed by atoms with Crippen LogP contribution in [-0.4, -0.2) is 23.7 Å². The Morgan fingerprint density at radius 1 is 0.840 bits per heavy atom. The van der Waals surface area contributed by atoms with Crippen molar-refractivity contribution in [2.75, 3.05) is 0 Å². The summed E-state index contributed by atoms with van der Waals surface area (Å²) in [5, 5.41) is 0. The summed E-state index contributed by atoms with van der Waals surface area (Å²) in [6.45, 7) is 0. The number of halogens is 2. The molecule has 0 spiro atoms. The van der Waals surface area contributed by atoms with Gasteiger partial charge in [-0.3, -0.25) is 9.59 Å². The second-order valence-electron chi connectivity index (χ2n) is 4.72. The Kier molecular flexibility index (Phi) is 5.62. The summed E-state index contributed by atoms with van der Waals surface area (Å²) in [6, 6.07) is 5.83. The van der Waals surface area contributed by atoms with Crippen molar-refractivity contribution in [3.05, 3.63) is 44.1 Å². The van der Waals surface area contributed by atoms with E-state index in [9.17, 15) is 9.59 Å². The van der Waals surface area contributed by atoms with Crippen molar-refractivity contribution in [3.8, 4) is 11.1 Å². The lowest BCUT2D eigenvalue weighted by Gasteiger charge is -2.06.